The highest BCUT2D eigenvalue weighted by atomic mass is 32.2. The Labute approximate surface area is 216 Å². The van der Waals surface area contributed by atoms with Crippen molar-refractivity contribution in [3.63, 3.8) is 0 Å². The summed E-state index contributed by atoms with van der Waals surface area (Å²) < 4.78 is 29.7. The molecule has 1 aromatic heterocycles. The summed E-state index contributed by atoms with van der Waals surface area (Å²) in [6.07, 6.45) is 6.39. The minimum atomic E-state index is -3.59. The fourth-order valence-electron chi connectivity index (χ4n) is 5.64. The van der Waals surface area contributed by atoms with Crippen LogP contribution in [0, 0.1) is 5.41 Å². The van der Waals surface area contributed by atoms with Gasteiger partial charge >= 0.3 is 0 Å². The van der Waals surface area contributed by atoms with Crippen molar-refractivity contribution in [3.8, 4) is 0 Å². The van der Waals surface area contributed by atoms with Crippen molar-refractivity contribution in [1.29, 1.82) is 0 Å². The molecule has 0 spiro atoms. The first-order valence-corrected chi connectivity index (χ1v) is 14.6. The molecule has 0 unspecified atom stereocenters. The second-order valence-electron chi connectivity index (χ2n) is 10.4. The van der Waals surface area contributed by atoms with Crippen molar-refractivity contribution in [3.05, 3.63) is 89.7 Å². The second-order valence-corrected chi connectivity index (χ2v) is 12.4. The maximum absolute atomic E-state index is 13.8. The topological polar surface area (TPSA) is 61.5 Å². The van der Waals surface area contributed by atoms with Gasteiger partial charge in [0, 0.05) is 48.8 Å². The van der Waals surface area contributed by atoms with Gasteiger partial charge in [-0.1, -0.05) is 51.0 Å². The largest absolute Gasteiger partial charge is 0.392 e. The standard InChI is InChI=1S/C30H39N2O3S/c1-5-7-16-30(6-2)22-36(34,35)27-15-14-25(31(3)4)20-26(27)28(29(30)33)24-13-11-12-23(19-24)21-32-17-9-8-10-18-32/h8-15,17-20,28-29,33H,5-7,16,21-22H2,1-4H3/q+1/t28-,29-,30-/m1/s1. The number of nitrogens with zero attached hydrogens (tertiary/aromatic N) is 2. The lowest BCUT2D eigenvalue weighted by molar-refractivity contribution is -0.688. The zero-order chi connectivity index (χ0) is 25.9. The first-order valence-electron chi connectivity index (χ1n) is 13.0. The van der Waals surface area contributed by atoms with Crippen molar-refractivity contribution in [1.82, 2.24) is 0 Å². The number of sulfone groups is 1. The average Bonchev–Trinajstić information content (AvgIpc) is 2.94. The van der Waals surface area contributed by atoms with Crippen molar-refractivity contribution in [2.45, 2.75) is 63.0 Å². The predicted octanol–water partition coefficient (Wildman–Crippen LogP) is 4.96. The molecule has 1 N–H and O–H groups in total. The van der Waals surface area contributed by atoms with E-state index in [1.54, 1.807) is 6.07 Å². The number of aromatic nitrogens is 1. The number of anilines is 1. The van der Waals surface area contributed by atoms with Gasteiger partial charge in [-0.2, -0.15) is 0 Å². The summed E-state index contributed by atoms with van der Waals surface area (Å²) in [5.74, 6) is -0.461. The Kier molecular flexibility index (Phi) is 7.86. The Bertz CT molecular complexity index is 1290. The Morgan fingerprint density at radius 1 is 1.03 bits per heavy atom. The molecule has 0 saturated heterocycles. The molecule has 1 aliphatic rings. The minimum absolute atomic E-state index is 0.0258. The van der Waals surface area contributed by atoms with E-state index in [0.717, 1.165) is 29.7 Å². The highest BCUT2D eigenvalue weighted by Gasteiger charge is 2.49. The second kappa shape index (κ2) is 10.7. The van der Waals surface area contributed by atoms with E-state index < -0.39 is 27.3 Å². The van der Waals surface area contributed by atoms with Crippen LogP contribution in [0.2, 0.25) is 0 Å². The van der Waals surface area contributed by atoms with Crippen LogP contribution in [0.1, 0.15) is 62.1 Å². The third-order valence-corrected chi connectivity index (χ3v) is 9.78. The van der Waals surface area contributed by atoms with E-state index in [1.807, 2.05) is 80.8 Å². The quantitative estimate of drug-likeness (QED) is 0.438. The van der Waals surface area contributed by atoms with Crippen molar-refractivity contribution in [2.75, 3.05) is 24.7 Å². The van der Waals surface area contributed by atoms with Gasteiger partial charge in [-0.25, -0.2) is 13.0 Å². The molecule has 6 heteroatoms. The number of pyridine rings is 1. The molecule has 2 aromatic carbocycles. The third kappa shape index (κ3) is 5.21. The molecule has 1 aliphatic heterocycles. The first kappa shape index (κ1) is 26.4. The number of aliphatic hydroxyl groups is 1. The van der Waals surface area contributed by atoms with Gasteiger partial charge in [-0.15, -0.1) is 0 Å². The molecule has 192 valence electrons. The molecule has 0 saturated carbocycles. The van der Waals surface area contributed by atoms with Crippen LogP contribution in [-0.2, 0) is 16.4 Å². The molecular formula is C30H39N2O3S+. The van der Waals surface area contributed by atoms with Crippen LogP contribution in [0.4, 0.5) is 5.69 Å². The lowest BCUT2D eigenvalue weighted by Crippen LogP contribution is -2.42. The van der Waals surface area contributed by atoms with Crippen LogP contribution in [0.3, 0.4) is 0 Å². The molecule has 3 atom stereocenters. The highest BCUT2D eigenvalue weighted by molar-refractivity contribution is 7.91. The molecule has 0 amide bonds. The van der Waals surface area contributed by atoms with Crippen LogP contribution in [-0.4, -0.2) is 39.5 Å². The fourth-order valence-corrected chi connectivity index (χ4v) is 7.89. The molecular weight excluding hydrogens is 468 g/mol. The molecule has 2 heterocycles. The zero-order valence-corrected chi connectivity index (χ0v) is 22.7. The molecule has 4 rings (SSSR count). The van der Waals surface area contributed by atoms with Crippen LogP contribution in [0.5, 0.6) is 0 Å². The Hall–Kier alpha value is -2.70. The third-order valence-electron chi connectivity index (χ3n) is 7.79. The Morgan fingerprint density at radius 2 is 1.78 bits per heavy atom. The summed E-state index contributed by atoms with van der Waals surface area (Å²) in [6.45, 7) is 4.84. The van der Waals surface area contributed by atoms with E-state index in [4.69, 9.17) is 0 Å². The van der Waals surface area contributed by atoms with Gasteiger partial charge < -0.3 is 10.0 Å². The number of unbranched alkanes of at least 4 members (excludes halogenated alkanes) is 1. The molecule has 0 radical (unpaired) electrons. The van der Waals surface area contributed by atoms with Gasteiger partial charge in [0.2, 0.25) is 0 Å². The van der Waals surface area contributed by atoms with Gasteiger partial charge in [0.1, 0.15) is 0 Å². The normalized spacial score (nSPS) is 23.0. The maximum atomic E-state index is 13.8. The lowest BCUT2D eigenvalue weighted by atomic mass is 9.69. The van der Waals surface area contributed by atoms with Gasteiger partial charge in [0.15, 0.2) is 28.8 Å². The number of rotatable bonds is 8. The minimum Gasteiger partial charge on any atom is -0.392 e. The highest BCUT2D eigenvalue weighted by Crippen LogP contribution is 2.49. The SMILES string of the molecule is CCCC[C@]1(CC)CS(=O)(=O)c2ccc(N(C)C)cc2[C@@H](c2cccc(C[n+]3ccccc3)c2)[C@H]1O. The van der Waals surface area contributed by atoms with Crippen LogP contribution in [0.25, 0.3) is 0 Å². The van der Waals surface area contributed by atoms with Crippen LogP contribution in [0.15, 0.2) is 78.0 Å². The summed E-state index contributed by atoms with van der Waals surface area (Å²) in [7, 11) is 0.318. The predicted molar refractivity (Wildman–Crippen MR) is 145 cm³/mol. The summed E-state index contributed by atoms with van der Waals surface area (Å²) in [5.41, 5.74) is 2.99. The lowest BCUT2D eigenvalue weighted by Gasteiger charge is -2.39. The zero-order valence-electron chi connectivity index (χ0n) is 21.9. The average molecular weight is 508 g/mol. The summed E-state index contributed by atoms with van der Waals surface area (Å²) in [6, 6.07) is 19.9. The molecule has 36 heavy (non-hydrogen) atoms. The van der Waals surface area contributed by atoms with Crippen LogP contribution >= 0.6 is 0 Å². The molecule has 0 bridgehead atoms. The molecule has 3 aromatic rings. The summed E-state index contributed by atoms with van der Waals surface area (Å²) in [5, 5.41) is 12.1. The fraction of sp³-hybridized carbons (Fsp3) is 0.433. The molecule has 5 nitrogen and oxygen atoms in total. The number of hydrogen-bond acceptors (Lipinski definition) is 4. The van der Waals surface area contributed by atoms with E-state index in [-0.39, 0.29) is 5.75 Å². The maximum Gasteiger partial charge on any atom is 0.179 e. The van der Waals surface area contributed by atoms with E-state index in [1.165, 1.54) is 0 Å². The summed E-state index contributed by atoms with van der Waals surface area (Å²) >= 11 is 0. The monoisotopic (exact) mass is 507 g/mol. The van der Waals surface area contributed by atoms with E-state index in [0.29, 0.717) is 29.8 Å². The van der Waals surface area contributed by atoms with Gasteiger partial charge in [-0.05, 0) is 48.2 Å². The van der Waals surface area contributed by atoms with Crippen molar-refractivity contribution < 1.29 is 18.1 Å². The molecule has 0 fully saturated rings. The Morgan fingerprint density at radius 3 is 2.44 bits per heavy atom. The smallest absolute Gasteiger partial charge is 0.179 e. The van der Waals surface area contributed by atoms with Gasteiger partial charge in [0.05, 0.1) is 16.8 Å². The van der Waals surface area contributed by atoms with Gasteiger partial charge in [0.25, 0.3) is 0 Å². The van der Waals surface area contributed by atoms with E-state index >= 15 is 0 Å². The Balaban J connectivity index is 1.91. The van der Waals surface area contributed by atoms with Crippen LogP contribution < -0.4 is 9.47 Å². The van der Waals surface area contributed by atoms with E-state index in [2.05, 4.69) is 23.6 Å². The first-order chi connectivity index (χ1) is 17.2. The number of aliphatic hydroxyl groups excluding tert-OH is 1. The van der Waals surface area contributed by atoms with Crippen molar-refractivity contribution in [2.24, 2.45) is 5.41 Å². The number of fused-ring (bicyclic) bond motifs is 1. The summed E-state index contributed by atoms with van der Waals surface area (Å²) in [4.78, 5) is 2.33. The molecule has 0 aliphatic carbocycles. The van der Waals surface area contributed by atoms with E-state index in [9.17, 15) is 13.5 Å². The van der Waals surface area contributed by atoms with Gasteiger partial charge in [-0.3, -0.25) is 0 Å². The number of benzene rings is 2. The number of hydrogen-bond donors (Lipinski definition) is 1. The van der Waals surface area contributed by atoms with Crippen molar-refractivity contribution >= 4 is 15.5 Å².